The Morgan fingerprint density at radius 3 is 2.59 bits per heavy atom. The Hall–Kier alpha value is -2.30. The van der Waals surface area contributed by atoms with E-state index in [1.165, 1.54) is 0 Å². The lowest BCUT2D eigenvalue weighted by molar-refractivity contribution is -0.147. The summed E-state index contributed by atoms with van der Waals surface area (Å²) in [5, 5.41) is 12.3. The van der Waals surface area contributed by atoms with E-state index in [0.29, 0.717) is 12.3 Å². The van der Waals surface area contributed by atoms with E-state index in [9.17, 15) is 14.7 Å². The van der Waals surface area contributed by atoms with Crippen LogP contribution in [0.5, 0.6) is 5.75 Å². The van der Waals surface area contributed by atoms with Crippen molar-refractivity contribution >= 4 is 11.9 Å². The minimum Gasteiger partial charge on any atom is -0.496 e. The number of ether oxygens (including phenoxy) is 1. The summed E-state index contributed by atoms with van der Waals surface area (Å²) in [5.41, 5.74) is 0.879. The average molecular weight is 301 g/mol. The molecule has 0 unspecified atom stereocenters. The van der Waals surface area contributed by atoms with Crippen molar-refractivity contribution in [1.82, 2.24) is 5.32 Å². The largest absolute Gasteiger partial charge is 0.496 e. The zero-order valence-electron chi connectivity index (χ0n) is 12.4. The van der Waals surface area contributed by atoms with Gasteiger partial charge in [-0.15, -0.1) is 0 Å². The highest BCUT2D eigenvalue weighted by molar-refractivity contribution is 5.86. The number of methoxy groups -OCH3 is 1. The number of amides is 1. The second-order valence-corrected chi connectivity index (χ2v) is 5.87. The van der Waals surface area contributed by atoms with Crippen LogP contribution in [0.4, 0.5) is 0 Å². The Labute approximate surface area is 129 Å². The first-order valence-corrected chi connectivity index (χ1v) is 7.42. The van der Waals surface area contributed by atoms with Gasteiger partial charge in [0.05, 0.1) is 18.9 Å². The highest BCUT2D eigenvalue weighted by atomic mass is 16.5. The molecule has 0 aromatic heterocycles. The SMILES string of the molecule is COc1ccccc1CNC(=O)[C@H]1[C@@H](C(=O)O)[C@H]2C=C[C@H]1C2. The van der Waals surface area contributed by atoms with E-state index in [4.69, 9.17) is 4.74 Å². The van der Waals surface area contributed by atoms with Crippen molar-refractivity contribution in [3.63, 3.8) is 0 Å². The van der Waals surface area contributed by atoms with Crippen LogP contribution < -0.4 is 10.1 Å². The molecule has 22 heavy (non-hydrogen) atoms. The van der Waals surface area contributed by atoms with Crippen molar-refractivity contribution in [2.24, 2.45) is 23.7 Å². The number of hydrogen-bond donors (Lipinski definition) is 2. The highest BCUT2D eigenvalue weighted by Crippen LogP contribution is 2.48. The molecular formula is C17H19NO4. The fourth-order valence-corrected chi connectivity index (χ4v) is 3.67. The standard InChI is InChI=1S/C17H19NO4/c1-22-13-5-3-2-4-12(13)9-18-16(19)14-10-6-7-11(8-10)15(14)17(20)21/h2-7,10-11,14-15H,8-9H2,1H3,(H,18,19)(H,20,21)/t10-,11-,14+,15-/m0/s1. The molecule has 1 amide bonds. The van der Waals surface area contributed by atoms with Crippen LogP contribution in [-0.2, 0) is 16.1 Å². The molecule has 0 spiro atoms. The van der Waals surface area contributed by atoms with Crippen molar-refractivity contribution in [2.45, 2.75) is 13.0 Å². The van der Waals surface area contributed by atoms with Crippen molar-refractivity contribution < 1.29 is 19.4 Å². The van der Waals surface area contributed by atoms with Gasteiger partial charge in [-0.1, -0.05) is 30.4 Å². The maximum Gasteiger partial charge on any atom is 0.307 e. The number of benzene rings is 1. The van der Waals surface area contributed by atoms with E-state index in [1.807, 2.05) is 36.4 Å². The van der Waals surface area contributed by atoms with Crippen molar-refractivity contribution in [3.05, 3.63) is 42.0 Å². The number of carboxylic acids is 1. The number of aliphatic carboxylic acids is 1. The van der Waals surface area contributed by atoms with Gasteiger partial charge in [0.1, 0.15) is 5.75 Å². The summed E-state index contributed by atoms with van der Waals surface area (Å²) in [7, 11) is 1.59. The number of fused-ring (bicyclic) bond motifs is 2. The molecule has 1 fully saturated rings. The summed E-state index contributed by atoms with van der Waals surface area (Å²) < 4.78 is 5.26. The Morgan fingerprint density at radius 2 is 1.91 bits per heavy atom. The number of carboxylic acid groups (broad SMARTS) is 1. The molecule has 1 aromatic carbocycles. The highest BCUT2D eigenvalue weighted by Gasteiger charge is 2.51. The van der Waals surface area contributed by atoms with E-state index in [1.54, 1.807) is 7.11 Å². The number of carbonyl (C=O) groups excluding carboxylic acids is 1. The third kappa shape index (κ3) is 2.47. The molecule has 116 valence electrons. The minimum absolute atomic E-state index is 0.00971. The topological polar surface area (TPSA) is 75.6 Å². The molecule has 1 aromatic rings. The van der Waals surface area contributed by atoms with Gasteiger partial charge in [0.15, 0.2) is 0 Å². The second-order valence-electron chi connectivity index (χ2n) is 5.87. The number of nitrogens with one attached hydrogen (secondary N) is 1. The van der Waals surface area contributed by atoms with Crippen LogP contribution in [0.1, 0.15) is 12.0 Å². The first-order valence-electron chi connectivity index (χ1n) is 7.42. The van der Waals surface area contributed by atoms with Crippen LogP contribution in [0, 0.1) is 23.7 Å². The molecule has 5 heteroatoms. The van der Waals surface area contributed by atoms with Crippen LogP contribution in [0.15, 0.2) is 36.4 Å². The molecule has 5 nitrogen and oxygen atoms in total. The summed E-state index contributed by atoms with van der Waals surface area (Å²) in [6.45, 7) is 0.340. The molecule has 0 saturated heterocycles. The fraction of sp³-hybridized carbons (Fsp3) is 0.412. The summed E-state index contributed by atoms with van der Waals surface area (Å²) >= 11 is 0. The average Bonchev–Trinajstić information content (AvgIpc) is 3.13. The first kappa shape index (κ1) is 14.6. The van der Waals surface area contributed by atoms with Crippen molar-refractivity contribution in [1.29, 1.82) is 0 Å². The zero-order valence-corrected chi connectivity index (χ0v) is 12.4. The number of carbonyl (C=O) groups is 2. The van der Waals surface area contributed by atoms with Gasteiger partial charge in [0, 0.05) is 12.1 Å². The van der Waals surface area contributed by atoms with Crippen LogP contribution in [-0.4, -0.2) is 24.1 Å². The Morgan fingerprint density at radius 1 is 1.23 bits per heavy atom. The monoisotopic (exact) mass is 301 g/mol. The van der Waals surface area contributed by atoms with Crippen LogP contribution >= 0.6 is 0 Å². The zero-order chi connectivity index (χ0) is 15.7. The normalized spacial score (nSPS) is 28.6. The van der Waals surface area contributed by atoms with E-state index in [2.05, 4.69) is 5.32 Å². The molecular weight excluding hydrogens is 282 g/mol. The van der Waals surface area contributed by atoms with E-state index in [0.717, 1.165) is 12.0 Å². The molecule has 4 atom stereocenters. The molecule has 2 aliphatic rings. The molecule has 2 N–H and O–H groups in total. The van der Waals surface area contributed by atoms with Gasteiger partial charge in [-0.25, -0.2) is 0 Å². The third-order valence-corrected chi connectivity index (χ3v) is 4.69. The Bertz CT molecular complexity index is 625. The maximum atomic E-state index is 12.5. The number of para-hydroxylation sites is 1. The summed E-state index contributed by atoms with van der Waals surface area (Å²) in [4.78, 5) is 23.9. The number of hydrogen-bond acceptors (Lipinski definition) is 3. The summed E-state index contributed by atoms with van der Waals surface area (Å²) in [5.74, 6) is -1.39. The minimum atomic E-state index is -0.880. The lowest BCUT2D eigenvalue weighted by Gasteiger charge is -2.24. The quantitative estimate of drug-likeness (QED) is 0.814. The van der Waals surface area contributed by atoms with Gasteiger partial charge >= 0.3 is 5.97 Å². The molecule has 1 saturated carbocycles. The lowest BCUT2D eigenvalue weighted by Crippen LogP contribution is -2.39. The summed E-state index contributed by atoms with van der Waals surface area (Å²) in [6.07, 6.45) is 4.69. The first-order chi connectivity index (χ1) is 10.6. The Kier molecular flexibility index (Phi) is 3.88. The van der Waals surface area contributed by atoms with Gasteiger partial charge < -0.3 is 15.2 Å². The van der Waals surface area contributed by atoms with Gasteiger partial charge in [0.2, 0.25) is 5.91 Å². The Balaban J connectivity index is 1.69. The maximum absolute atomic E-state index is 12.5. The van der Waals surface area contributed by atoms with Crippen LogP contribution in [0.2, 0.25) is 0 Å². The van der Waals surface area contributed by atoms with E-state index < -0.39 is 17.8 Å². The van der Waals surface area contributed by atoms with Gasteiger partial charge in [0.25, 0.3) is 0 Å². The van der Waals surface area contributed by atoms with Gasteiger partial charge in [-0.05, 0) is 24.3 Å². The molecule has 2 bridgehead atoms. The molecule has 2 aliphatic carbocycles. The summed E-state index contributed by atoms with van der Waals surface area (Å²) in [6, 6.07) is 7.46. The lowest BCUT2D eigenvalue weighted by atomic mass is 9.82. The van der Waals surface area contributed by atoms with E-state index in [-0.39, 0.29) is 17.7 Å². The predicted molar refractivity (Wildman–Crippen MR) is 80.2 cm³/mol. The smallest absolute Gasteiger partial charge is 0.307 e. The molecule has 0 radical (unpaired) electrons. The van der Waals surface area contributed by atoms with Crippen LogP contribution in [0.25, 0.3) is 0 Å². The third-order valence-electron chi connectivity index (χ3n) is 4.69. The van der Waals surface area contributed by atoms with Crippen molar-refractivity contribution in [2.75, 3.05) is 7.11 Å². The second kappa shape index (κ2) is 5.83. The number of allylic oxidation sites excluding steroid dienone is 2. The fourth-order valence-electron chi connectivity index (χ4n) is 3.67. The molecule has 0 aliphatic heterocycles. The van der Waals surface area contributed by atoms with E-state index >= 15 is 0 Å². The van der Waals surface area contributed by atoms with Crippen molar-refractivity contribution in [3.8, 4) is 5.75 Å². The van der Waals surface area contributed by atoms with Gasteiger partial charge in [-0.2, -0.15) is 0 Å². The van der Waals surface area contributed by atoms with Gasteiger partial charge in [-0.3, -0.25) is 9.59 Å². The number of rotatable bonds is 5. The molecule has 3 rings (SSSR count). The predicted octanol–water partition coefficient (Wildman–Crippen LogP) is 1.83. The molecule has 0 heterocycles. The van der Waals surface area contributed by atoms with Crippen LogP contribution in [0.3, 0.4) is 0 Å².